The summed E-state index contributed by atoms with van der Waals surface area (Å²) in [6, 6.07) is 1.54. The van der Waals surface area contributed by atoms with Gasteiger partial charge in [-0.25, -0.2) is 4.39 Å². The molecule has 0 radical (unpaired) electrons. The van der Waals surface area contributed by atoms with Gasteiger partial charge in [-0.3, -0.25) is 0 Å². The number of hydrogen-bond acceptors (Lipinski definition) is 3. The van der Waals surface area contributed by atoms with Crippen molar-refractivity contribution >= 4 is 12.4 Å². The summed E-state index contributed by atoms with van der Waals surface area (Å²) in [5, 5.41) is 8.98. The Labute approximate surface area is 107 Å². The van der Waals surface area contributed by atoms with E-state index < -0.39 is 29.7 Å². The molecule has 0 aliphatic rings. The molecule has 1 rings (SSSR count). The average molecular weight is 290 g/mol. The van der Waals surface area contributed by atoms with Gasteiger partial charge in [0.1, 0.15) is 11.6 Å². The molecule has 104 valence electrons. The van der Waals surface area contributed by atoms with E-state index >= 15 is 0 Å². The summed E-state index contributed by atoms with van der Waals surface area (Å²) in [7, 11) is 1.17. The Balaban J connectivity index is 0.00000289. The minimum absolute atomic E-state index is 0. The van der Waals surface area contributed by atoms with Crippen LogP contribution >= 0.6 is 12.4 Å². The highest BCUT2D eigenvalue weighted by Crippen LogP contribution is 2.34. The van der Waals surface area contributed by atoms with Crippen molar-refractivity contribution in [2.24, 2.45) is 5.73 Å². The van der Waals surface area contributed by atoms with Gasteiger partial charge in [0.2, 0.25) is 0 Å². The maximum Gasteiger partial charge on any atom is 0.416 e. The second-order valence-electron chi connectivity index (χ2n) is 3.37. The van der Waals surface area contributed by atoms with Gasteiger partial charge >= 0.3 is 6.18 Å². The Hall–Kier alpha value is -1.05. The highest BCUT2D eigenvalue weighted by molar-refractivity contribution is 5.85. The van der Waals surface area contributed by atoms with Crippen LogP contribution < -0.4 is 10.5 Å². The molecule has 3 nitrogen and oxygen atoms in total. The summed E-state index contributed by atoms with van der Waals surface area (Å²) in [6.07, 6.45) is -7.78. The SMILES string of the molecule is COc1cccc(F)c1[C@@H](N)[C@@H](O)C(F)(F)F.Cl. The summed E-state index contributed by atoms with van der Waals surface area (Å²) < 4.78 is 54.9. The van der Waals surface area contributed by atoms with E-state index in [1.54, 1.807) is 0 Å². The third kappa shape index (κ3) is 3.47. The van der Waals surface area contributed by atoms with E-state index in [-0.39, 0.29) is 18.2 Å². The lowest BCUT2D eigenvalue weighted by Crippen LogP contribution is -2.39. The zero-order valence-electron chi connectivity index (χ0n) is 9.24. The van der Waals surface area contributed by atoms with Gasteiger partial charge in [-0.1, -0.05) is 6.07 Å². The van der Waals surface area contributed by atoms with Gasteiger partial charge in [0, 0.05) is 5.56 Å². The summed E-state index contributed by atoms with van der Waals surface area (Å²) in [4.78, 5) is 0. The maximum atomic E-state index is 13.4. The van der Waals surface area contributed by atoms with Crippen LogP contribution in [-0.2, 0) is 0 Å². The van der Waals surface area contributed by atoms with Crippen LogP contribution in [0.5, 0.6) is 5.75 Å². The lowest BCUT2D eigenvalue weighted by atomic mass is 10.0. The summed E-state index contributed by atoms with van der Waals surface area (Å²) in [5.41, 5.74) is 4.71. The molecule has 3 N–H and O–H groups in total. The number of alkyl halides is 3. The molecule has 1 aromatic rings. The van der Waals surface area contributed by atoms with Crippen molar-refractivity contribution in [3.05, 3.63) is 29.6 Å². The van der Waals surface area contributed by atoms with E-state index in [1.807, 2.05) is 0 Å². The fraction of sp³-hybridized carbons (Fsp3) is 0.400. The van der Waals surface area contributed by atoms with Gasteiger partial charge in [-0.2, -0.15) is 13.2 Å². The lowest BCUT2D eigenvalue weighted by Gasteiger charge is -2.23. The van der Waals surface area contributed by atoms with E-state index in [0.717, 1.165) is 6.07 Å². The standard InChI is InChI=1S/C10H11F4NO2.ClH/c1-17-6-4-2-3-5(11)7(6)8(15)9(16)10(12,13)14;/h2-4,8-9,16H,15H2,1H3;1H/t8-,9-;/m1./s1. The molecule has 0 aliphatic carbocycles. The number of benzene rings is 1. The monoisotopic (exact) mass is 289 g/mol. The van der Waals surface area contributed by atoms with Gasteiger partial charge in [-0.05, 0) is 12.1 Å². The number of ether oxygens (including phenoxy) is 1. The van der Waals surface area contributed by atoms with Crippen molar-refractivity contribution in [1.82, 2.24) is 0 Å². The number of aliphatic hydroxyl groups excluding tert-OH is 1. The van der Waals surface area contributed by atoms with Gasteiger partial charge in [0.15, 0.2) is 6.10 Å². The topological polar surface area (TPSA) is 55.5 Å². The van der Waals surface area contributed by atoms with Crippen LogP contribution in [-0.4, -0.2) is 24.5 Å². The van der Waals surface area contributed by atoms with Crippen LogP contribution in [0.4, 0.5) is 17.6 Å². The van der Waals surface area contributed by atoms with Gasteiger partial charge in [0.25, 0.3) is 0 Å². The molecule has 0 unspecified atom stereocenters. The van der Waals surface area contributed by atoms with Crippen molar-refractivity contribution in [2.75, 3.05) is 7.11 Å². The number of rotatable bonds is 3. The number of hydrogen-bond donors (Lipinski definition) is 2. The molecule has 0 spiro atoms. The fourth-order valence-corrected chi connectivity index (χ4v) is 1.38. The van der Waals surface area contributed by atoms with Crippen molar-refractivity contribution in [1.29, 1.82) is 0 Å². The maximum absolute atomic E-state index is 13.4. The summed E-state index contributed by atoms with van der Waals surface area (Å²) in [5.74, 6) is -1.10. The van der Waals surface area contributed by atoms with Gasteiger partial charge in [-0.15, -0.1) is 12.4 Å². The lowest BCUT2D eigenvalue weighted by molar-refractivity contribution is -0.210. The molecule has 0 heterocycles. The van der Waals surface area contributed by atoms with E-state index in [1.165, 1.54) is 19.2 Å². The van der Waals surface area contributed by atoms with Crippen LogP contribution in [0.1, 0.15) is 11.6 Å². The molecule has 0 bridgehead atoms. The largest absolute Gasteiger partial charge is 0.496 e. The molecular formula is C10H12ClF4NO2. The third-order valence-electron chi connectivity index (χ3n) is 2.24. The van der Waals surface area contributed by atoms with Crippen molar-refractivity contribution in [3.63, 3.8) is 0 Å². The first-order valence-corrected chi connectivity index (χ1v) is 4.61. The van der Waals surface area contributed by atoms with Gasteiger partial charge in [0.05, 0.1) is 13.2 Å². The second kappa shape index (κ2) is 6.21. The summed E-state index contributed by atoms with van der Waals surface area (Å²) in [6.45, 7) is 0. The molecule has 8 heteroatoms. The predicted octanol–water partition coefficient (Wildman–Crippen LogP) is 2.18. The first-order chi connectivity index (χ1) is 7.79. The average Bonchev–Trinajstić information content (AvgIpc) is 2.25. The fourth-order valence-electron chi connectivity index (χ4n) is 1.38. The number of aliphatic hydroxyl groups is 1. The molecule has 1 aromatic carbocycles. The highest BCUT2D eigenvalue weighted by Gasteiger charge is 2.44. The van der Waals surface area contributed by atoms with E-state index in [9.17, 15) is 17.6 Å². The molecule has 2 atom stereocenters. The Kier molecular flexibility index (Phi) is 5.85. The van der Waals surface area contributed by atoms with Crippen molar-refractivity contribution < 1.29 is 27.4 Å². The predicted molar refractivity (Wildman–Crippen MR) is 59.2 cm³/mol. The van der Waals surface area contributed by atoms with Crippen LogP contribution in [0.2, 0.25) is 0 Å². The molecule has 0 aromatic heterocycles. The first-order valence-electron chi connectivity index (χ1n) is 4.61. The molecule has 0 fully saturated rings. The van der Waals surface area contributed by atoms with E-state index in [0.29, 0.717) is 0 Å². The van der Waals surface area contributed by atoms with E-state index in [4.69, 9.17) is 15.6 Å². The minimum Gasteiger partial charge on any atom is -0.496 e. The number of halogens is 5. The van der Waals surface area contributed by atoms with Crippen molar-refractivity contribution in [3.8, 4) is 5.75 Å². The van der Waals surface area contributed by atoms with Crippen LogP contribution in [0.15, 0.2) is 18.2 Å². The number of methoxy groups -OCH3 is 1. The quantitative estimate of drug-likeness (QED) is 0.839. The normalized spacial score (nSPS) is 14.6. The Morgan fingerprint density at radius 1 is 1.33 bits per heavy atom. The molecule has 0 saturated heterocycles. The van der Waals surface area contributed by atoms with Crippen LogP contribution in [0.3, 0.4) is 0 Å². The minimum atomic E-state index is -4.92. The highest BCUT2D eigenvalue weighted by atomic mass is 35.5. The summed E-state index contributed by atoms with van der Waals surface area (Å²) >= 11 is 0. The third-order valence-corrected chi connectivity index (χ3v) is 2.24. The Morgan fingerprint density at radius 2 is 1.89 bits per heavy atom. The first kappa shape index (κ1) is 16.9. The smallest absolute Gasteiger partial charge is 0.416 e. The number of nitrogens with two attached hydrogens (primary N) is 1. The molecule has 0 saturated carbocycles. The Bertz CT molecular complexity index is 400. The molecule has 0 amide bonds. The van der Waals surface area contributed by atoms with Gasteiger partial charge < -0.3 is 15.6 Å². The van der Waals surface area contributed by atoms with E-state index in [2.05, 4.69) is 0 Å². The van der Waals surface area contributed by atoms with Crippen LogP contribution in [0.25, 0.3) is 0 Å². The van der Waals surface area contributed by atoms with Crippen molar-refractivity contribution in [2.45, 2.75) is 18.3 Å². The molecule has 0 aliphatic heterocycles. The van der Waals surface area contributed by atoms with Crippen LogP contribution in [0, 0.1) is 5.82 Å². The molecular weight excluding hydrogens is 278 g/mol. The Morgan fingerprint density at radius 3 is 2.33 bits per heavy atom. The molecule has 18 heavy (non-hydrogen) atoms. The zero-order valence-corrected chi connectivity index (χ0v) is 10.1. The zero-order chi connectivity index (χ0) is 13.2. The second-order valence-corrected chi connectivity index (χ2v) is 3.37.